The highest BCUT2D eigenvalue weighted by molar-refractivity contribution is 6.02. The van der Waals surface area contributed by atoms with E-state index in [1.807, 2.05) is 74.5 Å². The summed E-state index contributed by atoms with van der Waals surface area (Å²) < 4.78 is 5.47. The Morgan fingerprint density at radius 2 is 1.43 bits per heavy atom. The lowest BCUT2D eigenvalue weighted by molar-refractivity contribution is 0.201. The van der Waals surface area contributed by atoms with E-state index < -0.39 is 6.03 Å². The van der Waals surface area contributed by atoms with E-state index in [1.165, 1.54) is 23.2 Å². The highest BCUT2D eigenvalue weighted by Gasteiger charge is 2.29. The molecule has 0 unspecified atom stereocenters. The molecule has 0 spiro atoms. The fourth-order valence-corrected chi connectivity index (χ4v) is 4.20. The third-order valence-electron chi connectivity index (χ3n) is 6.25. The molecular weight excluding hydrogens is 468 g/mol. The van der Waals surface area contributed by atoms with Crippen molar-refractivity contribution in [3.63, 3.8) is 0 Å². The smallest absolute Gasteiger partial charge is 0.330 e. The molecule has 0 aliphatic rings. The lowest BCUT2D eigenvalue weighted by atomic mass is 10.1. The van der Waals surface area contributed by atoms with E-state index in [4.69, 9.17) is 4.74 Å². The average molecular weight is 498 g/mol. The number of benzene rings is 3. The maximum atomic E-state index is 14.4. The van der Waals surface area contributed by atoms with Gasteiger partial charge in [-0.3, -0.25) is 5.21 Å². The van der Waals surface area contributed by atoms with E-state index in [1.54, 1.807) is 24.1 Å². The van der Waals surface area contributed by atoms with Crippen LogP contribution in [0.1, 0.15) is 22.3 Å². The zero-order chi connectivity index (χ0) is 26.4. The first kappa shape index (κ1) is 25.7. The van der Waals surface area contributed by atoms with Crippen molar-refractivity contribution in [3.05, 3.63) is 119 Å². The van der Waals surface area contributed by atoms with Crippen molar-refractivity contribution < 1.29 is 14.7 Å². The zero-order valence-electron chi connectivity index (χ0n) is 21.0. The van der Waals surface area contributed by atoms with Crippen LogP contribution in [0.4, 0.5) is 22.0 Å². The Kier molecular flexibility index (Phi) is 8.02. The van der Waals surface area contributed by atoms with Gasteiger partial charge in [0.25, 0.3) is 0 Å². The minimum atomic E-state index is -0.401. The van der Waals surface area contributed by atoms with Crippen molar-refractivity contribution in [2.45, 2.75) is 26.9 Å². The lowest BCUT2D eigenvalue weighted by Crippen LogP contribution is -2.41. The van der Waals surface area contributed by atoms with Crippen molar-refractivity contribution in [3.8, 4) is 5.75 Å². The van der Waals surface area contributed by atoms with Crippen molar-refractivity contribution in [1.29, 1.82) is 0 Å². The van der Waals surface area contributed by atoms with Gasteiger partial charge in [-0.25, -0.2) is 14.7 Å². The number of ether oxygens (including phenoxy) is 1. The first-order chi connectivity index (χ1) is 17.9. The molecule has 4 aromatic rings. The largest absolute Gasteiger partial charge is 0.733 e. The van der Waals surface area contributed by atoms with Gasteiger partial charge in [-0.15, -0.1) is 0 Å². The van der Waals surface area contributed by atoms with E-state index in [0.29, 0.717) is 24.5 Å². The van der Waals surface area contributed by atoms with E-state index in [9.17, 15) is 15.2 Å². The number of anilines is 3. The predicted molar refractivity (Wildman–Crippen MR) is 144 cm³/mol. The number of urea groups is 1. The molecule has 190 valence electrons. The summed E-state index contributed by atoms with van der Waals surface area (Å²) in [4.78, 5) is 21.8. The third kappa shape index (κ3) is 5.72. The van der Waals surface area contributed by atoms with Crippen LogP contribution in [-0.2, 0) is 13.1 Å². The van der Waals surface area contributed by atoms with Crippen LogP contribution in [-0.4, -0.2) is 28.2 Å². The van der Waals surface area contributed by atoms with Gasteiger partial charge >= 0.3 is 6.03 Å². The standard InChI is InChI=1S/C29H29N4O4/c1-21-22(2)27(37-3)17-16-25(21)32(28-26(33(35)36)15-10-18-30-28)29(34)31(19-23-11-6-4-7-12-23)20-24-13-8-5-9-14-24/h4-18,35H,19-20H2,1-3H3/q-1. The number of carbonyl (C=O) groups is 1. The Hall–Kier alpha value is -4.40. The fourth-order valence-electron chi connectivity index (χ4n) is 4.20. The van der Waals surface area contributed by atoms with Crippen molar-refractivity contribution in [2.75, 3.05) is 17.2 Å². The quantitative estimate of drug-likeness (QED) is 0.285. The van der Waals surface area contributed by atoms with Gasteiger partial charge in [0.05, 0.1) is 18.5 Å². The van der Waals surface area contributed by atoms with Gasteiger partial charge in [-0.05, 0) is 60.4 Å². The summed E-state index contributed by atoms with van der Waals surface area (Å²) in [6.07, 6.45) is 1.48. The number of rotatable bonds is 8. The molecule has 0 atom stereocenters. The molecule has 0 radical (unpaired) electrons. The summed E-state index contributed by atoms with van der Waals surface area (Å²) >= 11 is 0. The normalized spacial score (nSPS) is 10.6. The van der Waals surface area contributed by atoms with E-state index in [2.05, 4.69) is 4.98 Å². The summed E-state index contributed by atoms with van der Waals surface area (Å²) in [6, 6.07) is 25.4. The van der Waals surface area contributed by atoms with Crippen LogP contribution in [0.15, 0.2) is 91.1 Å². The Balaban J connectivity index is 1.87. The summed E-state index contributed by atoms with van der Waals surface area (Å²) in [5.74, 6) is 0.691. The molecule has 37 heavy (non-hydrogen) atoms. The highest BCUT2D eigenvalue weighted by atomic mass is 16.8. The van der Waals surface area contributed by atoms with E-state index in [-0.39, 0.29) is 16.7 Å². The highest BCUT2D eigenvalue weighted by Crippen LogP contribution is 2.38. The van der Waals surface area contributed by atoms with Crippen LogP contribution in [0.2, 0.25) is 0 Å². The van der Waals surface area contributed by atoms with Gasteiger partial charge in [0.15, 0.2) is 5.82 Å². The second kappa shape index (κ2) is 11.6. The van der Waals surface area contributed by atoms with E-state index in [0.717, 1.165) is 22.3 Å². The molecule has 8 heteroatoms. The van der Waals surface area contributed by atoms with Crippen molar-refractivity contribution >= 4 is 23.2 Å². The summed E-state index contributed by atoms with van der Waals surface area (Å²) in [5.41, 5.74) is 3.89. The molecule has 0 fully saturated rings. The van der Waals surface area contributed by atoms with Gasteiger partial charge in [-0.1, -0.05) is 60.7 Å². The molecule has 0 bridgehead atoms. The maximum absolute atomic E-state index is 14.4. The van der Waals surface area contributed by atoms with Crippen LogP contribution in [0.25, 0.3) is 0 Å². The van der Waals surface area contributed by atoms with Crippen LogP contribution < -0.4 is 14.9 Å². The number of hydrogen-bond donors (Lipinski definition) is 1. The number of methoxy groups -OCH3 is 1. The molecule has 4 rings (SSSR count). The average Bonchev–Trinajstić information content (AvgIpc) is 2.92. The summed E-state index contributed by atoms with van der Waals surface area (Å²) in [5, 5.41) is 21.7. The van der Waals surface area contributed by atoms with Gasteiger partial charge in [0.2, 0.25) is 0 Å². The zero-order valence-corrected chi connectivity index (χ0v) is 21.0. The number of carbonyl (C=O) groups excluding carboxylic acids is 1. The Labute approximate surface area is 216 Å². The van der Waals surface area contributed by atoms with Gasteiger partial charge in [0, 0.05) is 19.3 Å². The molecule has 1 aromatic heterocycles. The molecule has 1 N–H and O–H groups in total. The number of pyridine rings is 1. The molecule has 1 heterocycles. The second-order valence-electron chi connectivity index (χ2n) is 8.60. The third-order valence-corrected chi connectivity index (χ3v) is 6.25. The minimum absolute atomic E-state index is 0.0174. The van der Waals surface area contributed by atoms with Crippen molar-refractivity contribution in [2.24, 2.45) is 0 Å². The van der Waals surface area contributed by atoms with Crippen molar-refractivity contribution in [1.82, 2.24) is 9.88 Å². The number of aromatic nitrogens is 1. The Morgan fingerprint density at radius 3 is 1.97 bits per heavy atom. The second-order valence-corrected chi connectivity index (χ2v) is 8.60. The number of hydrogen-bond acceptors (Lipinski definition) is 6. The minimum Gasteiger partial charge on any atom is -0.733 e. The predicted octanol–water partition coefficient (Wildman–Crippen LogP) is 6.36. The SMILES string of the molecule is COc1ccc(N(C(=O)N(Cc2ccccc2)Cc2ccccc2)c2ncccc2N([O-])O)c(C)c1C. The summed E-state index contributed by atoms with van der Waals surface area (Å²) in [7, 11) is 1.59. The summed E-state index contributed by atoms with van der Waals surface area (Å²) in [6.45, 7) is 4.42. The van der Waals surface area contributed by atoms with Crippen LogP contribution >= 0.6 is 0 Å². The van der Waals surface area contributed by atoms with Gasteiger partial charge in [-0.2, -0.15) is 0 Å². The topological polar surface area (TPSA) is 92.2 Å². The van der Waals surface area contributed by atoms with Gasteiger partial charge < -0.3 is 20.1 Å². The molecule has 0 aliphatic heterocycles. The maximum Gasteiger partial charge on any atom is 0.330 e. The monoisotopic (exact) mass is 497 g/mol. The Bertz CT molecular complexity index is 1310. The molecule has 8 nitrogen and oxygen atoms in total. The van der Waals surface area contributed by atoms with Crippen LogP contribution in [0, 0.1) is 19.1 Å². The first-order valence-electron chi connectivity index (χ1n) is 11.8. The molecule has 0 saturated heterocycles. The van der Waals surface area contributed by atoms with Crippen LogP contribution in [0.3, 0.4) is 0 Å². The van der Waals surface area contributed by atoms with E-state index >= 15 is 0 Å². The van der Waals surface area contributed by atoms with Gasteiger partial charge in [0.1, 0.15) is 5.75 Å². The number of nitrogens with zero attached hydrogens (tertiary/aromatic N) is 4. The molecular formula is C29H29N4O4-. The molecule has 0 aliphatic carbocycles. The Morgan fingerprint density at radius 1 is 0.838 bits per heavy atom. The lowest BCUT2D eigenvalue weighted by Gasteiger charge is -2.34. The van der Waals surface area contributed by atoms with Crippen LogP contribution in [0.5, 0.6) is 5.75 Å². The fraction of sp³-hybridized carbons (Fsp3) is 0.172. The molecule has 0 saturated carbocycles. The first-order valence-corrected chi connectivity index (χ1v) is 11.8. The molecule has 3 aromatic carbocycles. The number of amides is 2. The molecule has 2 amide bonds.